The van der Waals surface area contributed by atoms with Crippen molar-refractivity contribution in [2.75, 3.05) is 6.54 Å². The zero-order valence-corrected chi connectivity index (χ0v) is 11.4. The number of rotatable bonds is 6. The Bertz CT molecular complexity index is 312. The lowest BCUT2D eigenvalue weighted by Gasteiger charge is -2.28. The smallest absolute Gasteiger partial charge is 0.00746 e. The van der Waals surface area contributed by atoms with Crippen LogP contribution in [0.15, 0.2) is 30.3 Å². The molecule has 1 aliphatic rings. The van der Waals surface area contributed by atoms with Crippen molar-refractivity contribution in [1.29, 1.82) is 0 Å². The maximum atomic E-state index is 5.63. The summed E-state index contributed by atoms with van der Waals surface area (Å²) >= 11 is 0. The van der Waals surface area contributed by atoms with Gasteiger partial charge in [-0.15, -0.1) is 0 Å². The largest absolute Gasteiger partial charge is 0.330 e. The van der Waals surface area contributed by atoms with Gasteiger partial charge in [0.25, 0.3) is 0 Å². The van der Waals surface area contributed by atoms with Gasteiger partial charge in [-0.25, -0.2) is 0 Å². The molecule has 0 aromatic heterocycles. The summed E-state index contributed by atoms with van der Waals surface area (Å²) in [5, 5.41) is 0. The number of benzene rings is 1. The molecule has 0 spiro atoms. The van der Waals surface area contributed by atoms with E-state index in [1.165, 1.54) is 50.5 Å². The van der Waals surface area contributed by atoms with E-state index in [9.17, 15) is 0 Å². The van der Waals surface area contributed by atoms with E-state index in [0.29, 0.717) is 0 Å². The molecule has 0 atom stereocenters. The fourth-order valence-electron chi connectivity index (χ4n) is 3.08. The van der Waals surface area contributed by atoms with Crippen LogP contribution in [-0.4, -0.2) is 6.54 Å². The second-order valence-electron chi connectivity index (χ2n) is 5.62. The molecule has 1 fully saturated rings. The van der Waals surface area contributed by atoms with Crippen LogP contribution in [0.1, 0.15) is 44.1 Å². The van der Waals surface area contributed by atoms with Crippen LogP contribution in [0.3, 0.4) is 0 Å². The lowest BCUT2D eigenvalue weighted by Crippen LogP contribution is -2.17. The molecule has 1 saturated carbocycles. The van der Waals surface area contributed by atoms with Crippen LogP contribution in [0.25, 0.3) is 0 Å². The zero-order valence-electron chi connectivity index (χ0n) is 11.4. The molecular formula is C17H26N. The van der Waals surface area contributed by atoms with Crippen LogP contribution in [-0.2, 0) is 6.42 Å². The SMILES string of the molecule is NCCC1CCC([CH]CCc2ccccc2)CC1. The number of hydrogen-bond donors (Lipinski definition) is 1. The Morgan fingerprint density at radius 1 is 1.06 bits per heavy atom. The normalized spacial score (nSPS) is 24.1. The van der Waals surface area contributed by atoms with E-state index in [2.05, 4.69) is 36.8 Å². The molecule has 0 amide bonds. The van der Waals surface area contributed by atoms with Gasteiger partial charge in [-0.1, -0.05) is 43.2 Å². The second-order valence-corrected chi connectivity index (χ2v) is 5.62. The minimum atomic E-state index is 0.864. The third-order valence-electron chi connectivity index (χ3n) is 4.24. The first-order valence-electron chi connectivity index (χ1n) is 7.46. The lowest BCUT2D eigenvalue weighted by atomic mass is 9.78. The van der Waals surface area contributed by atoms with Crippen molar-refractivity contribution in [3.63, 3.8) is 0 Å². The molecule has 1 radical (unpaired) electrons. The highest BCUT2D eigenvalue weighted by Gasteiger charge is 2.20. The van der Waals surface area contributed by atoms with Crippen molar-refractivity contribution in [2.45, 2.75) is 44.9 Å². The Morgan fingerprint density at radius 3 is 2.44 bits per heavy atom. The molecule has 1 nitrogen and oxygen atoms in total. The summed E-state index contributed by atoms with van der Waals surface area (Å²) in [6.07, 6.45) is 11.8. The molecule has 0 saturated heterocycles. The average Bonchev–Trinajstić information content (AvgIpc) is 2.42. The average molecular weight is 244 g/mol. The highest BCUT2D eigenvalue weighted by molar-refractivity contribution is 5.15. The Morgan fingerprint density at radius 2 is 1.78 bits per heavy atom. The van der Waals surface area contributed by atoms with Crippen molar-refractivity contribution in [3.05, 3.63) is 42.3 Å². The van der Waals surface area contributed by atoms with Gasteiger partial charge in [-0.05, 0) is 62.5 Å². The van der Waals surface area contributed by atoms with E-state index >= 15 is 0 Å². The molecule has 1 aromatic carbocycles. The van der Waals surface area contributed by atoms with Crippen molar-refractivity contribution in [2.24, 2.45) is 17.6 Å². The van der Waals surface area contributed by atoms with Gasteiger partial charge in [0, 0.05) is 0 Å². The van der Waals surface area contributed by atoms with Gasteiger partial charge < -0.3 is 5.73 Å². The molecule has 1 heteroatoms. The van der Waals surface area contributed by atoms with E-state index in [4.69, 9.17) is 5.73 Å². The Balaban J connectivity index is 1.61. The van der Waals surface area contributed by atoms with Crippen LogP contribution in [0.2, 0.25) is 0 Å². The molecule has 2 rings (SSSR count). The maximum absolute atomic E-state index is 5.63. The lowest BCUT2D eigenvalue weighted by molar-refractivity contribution is 0.284. The summed E-state index contributed by atoms with van der Waals surface area (Å²) in [6.45, 7) is 0.868. The molecule has 1 aliphatic carbocycles. The number of nitrogens with two attached hydrogens (primary N) is 1. The first-order chi connectivity index (χ1) is 8.88. The highest BCUT2D eigenvalue weighted by Crippen LogP contribution is 2.32. The van der Waals surface area contributed by atoms with Crippen LogP contribution >= 0.6 is 0 Å². The molecule has 0 heterocycles. The topological polar surface area (TPSA) is 26.0 Å². The summed E-state index contributed by atoms with van der Waals surface area (Å²) < 4.78 is 0. The standard InChI is InChI=1S/C17H26N/c18-14-13-17-11-9-16(10-12-17)8-4-7-15-5-2-1-3-6-15/h1-3,5-6,8,16-17H,4,7,9-14,18H2. The number of hydrogen-bond acceptors (Lipinski definition) is 1. The van der Waals surface area contributed by atoms with Crippen LogP contribution in [0.5, 0.6) is 0 Å². The van der Waals surface area contributed by atoms with Crippen molar-refractivity contribution in [3.8, 4) is 0 Å². The minimum Gasteiger partial charge on any atom is -0.330 e. The van der Waals surface area contributed by atoms with Gasteiger partial charge in [0.05, 0.1) is 0 Å². The molecule has 1 aromatic rings. The summed E-state index contributed by atoms with van der Waals surface area (Å²) in [7, 11) is 0. The predicted octanol–water partition coefficient (Wildman–Crippen LogP) is 3.98. The third-order valence-corrected chi connectivity index (χ3v) is 4.24. The third kappa shape index (κ3) is 4.45. The Kier molecular flexibility index (Phi) is 5.73. The quantitative estimate of drug-likeness (QED) is 0.805. The molecule has 0 aliphatic heterocycles. The first kappa shape index (κ1) is 13.6. The van der Waals surface area contributed by atoms with Crippen LogP contribution < -0.4 is 5.73 Å². The van der Waals surface area contributed by atoms with Gasteiger partial charge >= 0.3 is 0 Å². The first-order valence-corrected chi connectivity index (χ1v) is 7.46. The minimum absolute atomic E-state index is 0.864. The summed E-state index contributed by atoms with van der Waals surface area (Å²) in [6, 6.07) is 10.8. The van der Waals surface area contributed by atoms with Crippen LogP contribution in [0.4, 0.5) is 0 Å². The van der Waals surface area contributed by atoms with Crippen molar-refractivity contribution >= 4 is 0 Å². The van der Waals surface area contributed by atoms with Crippen LogP contribution in [0, 0.1) is 18.3 Å². The van der Waals surface area contributed by atoms with Gasteiger partial charge in [0.1, 0.15) is 0 Å². The highest BCUT2D eigenvalue weighted by atomic mass is 14.5. The Labute approximate surface area is 112 Å². The van der Waals surface area contributed by atoms with E-state index in [-0.39, 0.29) is 0 Å². The second kappa shape index (κ2) is 7.58. The van der Waals surface area contributed by atoms with E-state index in [1.54, 1.807) is 0 Å². The summed E-state index contributed by atoms with van der Waals surface area (Å²) in [5.74, 6) is 1.77. The van der Waals surface area contributed by atoms with Gasteiger partial charge in [0.15, 0.2) is 0 Å². The van der Waals surface area contributed by atoms with Gasteiger partial charge in [-0.2, -0.15) is 0 Å². The van der Waals surface area contributed by atoms with Gasteiger partial charge in [-0.3, -0.25) is 0 Å². The summed E-state index contributed by atoms with van der Waals surface area (Å²) in [5.41, 5.74) is 7.09. The molecule has 0 unspecified atom stereocenters. The molecule has 18 heavy (non-hydrogen) atoms. The number of aryl methyl sites for hydroxylation is 1. The molecule has 99 valence electrons. The van der Waals surface area contributed by atoms with E-state index in [1.807, 2.05) is 0 Å². The molecule has 0 bridgehead atoms. The summed E-state index contributed by atoms with van der Waals surface area (Å²) in [4.78, 5) is 0. The van der Waals surface area contributed by atoms with E-state index in [0.717, 1.165) is 18.4 Å². The predicted molar refractivity (Wildman–Crippen MR) is 78.2 cm³/mol. The fourth-order valence-corrected chi connectivity index (χ4v) is 3.08. The molecular weight excluding hydrogens is 218 g/mol. The zero-order chi connectivity index (χ0) is 12.6. The van der Waals surface area contributed by atoms with E-state index < -0.39 is 0 Å². The maximum Gasteiger partial charge on any atom is -0.00746 e. The van der Waals surface area contributed by atoms with Gasteiger partial charge in [0.2, 0.25) is 0 Å². The molecule has 2 N–H and O–H groups in total. The van der Waals surface area contributed by atoms with Crippen molar-refractivity contribution in [1.82, 2.24) is 0 Å². The monoisotopic (exact) mass is 244 g/mol. The fraction of sp³-hybridized carbons (Fsp3) is 0.588. The van der Waals surface area contributed by atoms with Crippen molar-refractivity contribution < 1.29 is 0 Å². The Hall–Kier alpha value is -0.820.